The highest BCUT2D eigenvalue weighted by atomic mass is 32.2. The van der Waals surface area contributed by atoms with Gasteiger partial charge in [-0.05, 0) is 44.9 Å². The van der Waals surface area contributed by atoms with Crippen molar-refractivity contribution in [1.29, 1.82) is 0 Å². The molecule has 3 heterocycles. The number of piperazine rings is 1. The first kappa shape index (κ1) is 21.2. The van der Waals surface area contributed by atoms with Crippen LogP contribution < -0.4 is 4.90 Å². The number of anilines is 1. The second-order valence-electron chi connectivity index (χ2n) is 8.02. The lowest BCUT2D eigenvalue weighted by Crippen LogP contribution is -2.50. The van der Waals surface area contributed by atoms with Gasteiger partial charge in [-0.3, -0.25) is 9.36 Å². The second kappa shape index (κ2) is 9.83. The summed E-state index contributed by atoms with van der Waals surface area (Å²) in [5, 5.41) is 9.66. The molecular weight excluding hydrogens is 396 g/mol. The molecule has 2 aliphatic rings. The van der Waals surface area contributed by atoms with E-state index in [1.807, 2.05) is 30.0 Å². The monoisotopic (exact) mass is 428 g/mol. The van der Waals surface area contributed by atoms with E-state index in [-0.39, 0.29) is 11.2 Å². The van der Waals surface area contributed by atoms with Gasteiger partial charge in [-0.2, -0.15) is 0 Å². The molecule has 2 fully saturated rings. The van der Waals surface area contributed by atoms with Crippen molar-refractivity contribution in [3.05, 3.63) is 30.3 Å². The van der Waals surface area contributed by atoms with Gasteiger partial charge in [-0.15, -0.1) is 10.2 Å². The molecule has 0 N–H and O–H groups in total. The molecule has 1 amide bonds. The Kier molecular flexibility index (Phi) is 6.94. The van der Waals surface area contributed by atoms with Crippen LogP contribution in [0.5, 0.6) is 0 Å². The highest BCUT2D eigenvalue weighted by Crippen LogP contribution is 2.31. The van der Waals surface area contributed by atoms with Crippen LogP contribution in [-0.2, 0) is 4.79 Å². The van der Waals surface area contributed by atoms with Crippen LogP contribution >= 0.6 is 11.8 Å². The fourth-order valence-electron chi connectivity index (χ4n) is 4.19. The van der Waals surface area contributed by atoms with Crippen molar-refractivity contribution in [2.45, 2.75) is 43.5 Å². The molecule has 0 unspecified atom stereocenters. The van der Waals surface area contributed by atoms with Crippen molar-refractivity contribution in [2.24, 2.45) is 0 Å². The standard InChI is InChI=1S/C22H32N6OS/c1-3-25-14-16-26(17-15-25)20(29)18(2)30-22-24-23-21(27-12-8-5-9-13-27)28(22)19-10-6-4-7-11-19/h4,6-7,10-11,18H,3,5,8-9,12-17H2,1-2H3/t18-/m1/s1. The van der Waals surface area contributed by atoms with Crippen molar-refractivity contribution in [1.82, 2.24) is 24.6 Å². The van der Waals surface area contributed by atoms with E-state index in [1.165, 1.54) is 31.0 Å². The number of carbonyl (C=O) groups is 1. The maximum Gasteiger partial charge on any atom is 0.235 e. The number of aromatic nitrogens is 3. The maximum atomic E-state index is 13.1. The van der Waals surface area contributed by atoms with Gasteiger partial charge in [0.1, 0.15) is 0 Å². The largest absolute Gasteiger partial charge is 0.341 e. The summed E-state index contributed by atoms with van der Waals surface area (Å²) in [5.74, 6) is 1.08. The van der Waals surface area contributed by atoms with Gasteiger partial charge in [0.05, 0.1) is 10.9 Å². The highest BCUT2D eigenvalue weighted by Gasteiger charge is 2.28. The fraction of sp³-hybridized carbons (Fsp3) is 0.591. The molecule has 2 saturated heterocycles. The third-order valence-corrected chi connectivity index (χ3v) is 7.06. The first-order chi connectivity index (χ1) is 14.7. The number of nitrogens with zero attached hydrogens (tertiary/aromatic N) is 6. The lowest BCUT2D eigenvalue weighted by atomic mass is 10.1. The number of rotatable bonds is 6. The van der Waals surface area contributed by atoms with Gasteiger partial charge in [-0.1, -0.05) is 36.9 Å². The van der Waals surface area contributed by atoms with Crippen molar-refractivity contribution in [3.8, 4) is 5.69 Å². The van der Waals surface area contributed by atoms with Crippen LogP contribution in [0.3, 0.4) is 0 Å². The Hall–Kier alpha value is -2.06. The second-order valence-corrected chi connectivity index (χ2v) is 9.33. The number of benzene rings is 1. The Balaban J connectivity index is 1.53. The minimum Gasteiger partial charge on any atom is -0.341 e. The number of likely N-dealkylation sites (N-methyl/N-ethyl adjacent to an activating group) is 1. The normalized spacial score (nSPS) is 19.1. The zero-order valence-corrected chi connectivity index (χ0v) is 18.9. The molecule has 1 aromatic heterocycles. The maximum absolute atomic E-state index is 13.1. The minimum atomic E-state index is -0.195. The number of para-hydroxylation sites is 1. The SMILES string of the molecule is CCN1CCN(C(=O)[C@@H](C)Sc2nnc(N3CCCCC3)n2-c2ccccc2)CC1. The molecule has 0 aliphatic carbocycles. The molecule has 2 aromatic rings. The third kappa shape index (κ3) is 4.64. The first-order valence-corrected chi connectivity index (χ1v) is 12.0. The summed E-state index contributed by atoms with van der Waals surface area (Å²) in [6, 6.07) is 10.2. The van der Waals surface area contributed by atoms with E-state index in [9.17, 15) is 4.79 Å². The molecule has 1 atom stereocenters. The number of hydrogen-bond acceptors (Lipinski definition) is 6. The summed E-state index contributed by atoms with van der Waals surface area (Å²) in [6.45, 7) is 10.8. The number of piperidine rings is 1. The van der Waals surface area contributed by atoms with E-state index in [0.717, 1.165) is 62.6 Å². The first-order valence-electron chi connectivity index (χ1n) is 11.1. The summed E-state index contributed by atoms with van der Waals surface area (Å²) < 4.78 is 2.12. The lowest BCUT2D eigenvalue weighted by Gasteiger charge is -2.35. The van der Waals surface area contributed by atoms with Gasteiger partial charge in [0, 0.05) is 39.3 Å². The van der Waals surface area contributed by atoms with Crippen LogP contribution in [0, 0.1) is 0 Å². The zero-order chi connectivity index (χ0) is 20.9. The predicted molar refractivity (Wildman–Crippen MR) is 121 cm³/mol. The van der Waals surface area contributed by atoms with Crippen molar-refractivity contribution >= 4 is 23.6 Å². The summed E-state index contributed by atoms with van der Waals surface area (Å²) in [5.41, 5.74) is 1.04. The molecule has 8 heteroatoms. The Labute approximate surface area is 183 Å². The Bertz CT molecular complexity index is 827. The Morgan fingerprint density at radius 3 is 2.37 bits per heavy atom. The molecule has 7 nitrogen and oxygen atoms in total. The predicted octanol–water partition coefficient (Wildman–Crippen LogP) is 2.90. The van der Waals surface area contributed by atoms with Gasteiger partial charge in [-0.25, -0.2) is 0 Å². The molecule has 0 saturated carbocycles. The molecule has 2 aliphatic heterocycles. The average Bonchev–Trinajstić information content (AvgIpc) is 3.23. The fourth-order valence-corrected chi connectivity index (χ4v) is 5.14. The third-order valence-electron chi connectivity index (χ3n) is 6.03. The van der Waals surface area contributed by atoms with E-state index >= 15 is 0 Å². The van der Waals surface area contributed by atoms with Crippen LogP contribution in [0.2, 0.25) is 0 Å². The molecule has 30 heavy (non-hydrogen) atoms. The zero-order valence-electron chi connectivity index (χ0n) is 18.0. The van der Waals surface area contributed by atoms with Crippen molar-refractivity contribution in [3.63, 3.8) is 0 Å². The van der Waals surface area contributed by atoms with Crippen LogP contribution in [0.15, 0.2) is 35.5 Å². The van der Waals surface area contributed by atoms with Gasteiger partial charge in [0.25, 0.3) is 0 Å². The number of carbonyl (C=O) groups excluding carboxylic acids is 1. The smallest absolute Gasteiger partial charge is 0.235 e. The molecule has 4 rings (SSSR count). The quantitative estimate of drug-likeness (QED) is 0.660. The number of hydrogen-bond donors (Lipinski definition) is 0. The van der Waals surface area contributed by atoms with Crippen molar-refractivity contribution < 1.29 is 4.79 Å². The number of amides is 1. The van der Waals surface area contributed by atoms with Gasteiger partial charge in [0.15, 0.2) is 5.16 Å². The molecule has 1 aromatic carbocycles. The van der Waals surface area contributed by atoms with Crippen molar-refractivity contribution in [2.75, 3.05) is 50.7 Å². The Morgan fingerprint density at radius 2 is 1.70 bits per heavy atom. The topological polar surface area (TPSA) is 57.5 Å². The summed E-state index contributed by atoms with van der Waals surface area (Å²) >= 11 is 1.52. The van der Waals surface area contributed by atoms with E-state index in [1.54, 1.807) is 0 Å². The van der Waals surface area contributed by atoms with E-state index in [2.05, 4.69) is 43.6 Å². The summed E-state index contributed by atoms with van der Waals surface area (Å²) in [7, 11) is 0. The van der Waals surface area contributed by atoms with Gasteiger partial charge in [0.2, 0.25) is 11.9 Å². The van der Waals surface area contributed by atoms with Crippen LogP contribution in [-0.4, -0.2) is 81.5 Å². The summed E-state index contributed by atoms with van der Waals surface area (Å²) in [4.78, 5) is 19.8. The number of thioether (sulfide) groups is 1. The minimum absolute atomic E-state index is 0.192. The lowest BCUT2D eigenvalue weighted by molar-refractivity contribution is -0.132. The molecule has 0 bridgehead atoms. The Morgan fingerprint density at radius 1 is 1.00 bits per heavy atom. The van der Waals surface area contributed by atoms with E-state index in [4.69, 9.17) is 0 Å². The van der Waals surface area contributed by atoms with Crippen LogP contribution in [0.1, 0.15) is 33.1 Å². The van der Waals surface area contributed by atoms with Crippen LogP contribution in [0.25, 0.3) is 5.69 Å². The average molecular weight is 429 g/mol. The molecule has 0 spiro atoms. The van der Waals surface area contributed by atoms with Gasteiger partial charge >= 0.3 is 0 Å². The highest BCUT2D eigenvalue weighted by molar-refractivity contribution is 8.00. The van der Waals surface area contributed by atoms with E-state index < -0.39 is 0 Å². The van der Waals surface area contributed by atoms with Crippen LogP contribution in [0.4, 0.5) is 5.95 Å². The molecule has 162 valence electrons. The molecule has 0 radical (unpaired) electrons. The van der Waals surface area contributed by atoms with Gasteiger partial charge < -0.3 is 14.7 Å². The summed E-state index contributed by atoms with van der Waals surface area (Å²) in [6.07, 6.45) is 3.64. The molecular formula is C22H32N6OS. The van der Waals surface area contributed by atoms with E-state index in [0.29, 0.717) is 0 Å².